The van der Waals surface area contributed by atoms with Crippen molar-refractivity contribution in [3.63, 3.8) is 0 Å². The summed E-state index contributed by atoms with van der Waals surface area (Å²) in [5, 5.41) is 18.7. The number of nitrogens with one attached hydrogen (secondary N) is 1. The van der Waals surface area contributed by atoms with Crippen LogP contribution in [-0.4, -0.2) is 32.7 Å². The number of aromatic hydroxyl groups is 1. The average Bonchev–Trinajstić information content (AvgIpc) is 3.42. The summed E-state index contributed by atoms with van der Waals surface area (Å²) in [4.78, 5) is 15.5. The molecule has 0 bridgehead atoms. The number of ether oxygens (including phenoxy) is 1. The summed E-state index contributed by atoms with van der Waals surface area (Å²) in [6.45, 7) is 7.10. The number of nitrogens with zero attached hydrogens (tertiary/aromatic N) is 2. The first kappa shape index (κ1) is 24.9. The first-order valence-electron chi connectivity index (χ1n) is 12.5. The van der Waals surface area contributed by atoms with Crippen molar-refractivity contribution >= 4 is 17.5 Å². The van der Waals surface area contributed by atoms with Gasteiger partial charge in [0, 0.05) is 22.7 Å². The zero-order chi connectivity index (χ0) is 26.1. The number of aryl methyl sites for hydroxylation is 2. The molecule has 0 spiro atoms. The van der Waals surface area contributed by atoms with Crippen LogP contribution in [0.15, 0.2) is 60.7 Å². The van der Waals surface area contributed by atoms with E-state index in [1.807, 2.05) is 67.3 Å². The van der Waals surface area contributed by atoms with E-state index in [4.69, 9.17) is 16.3 Å². The van der Waals surface area contributed by atoms with Gasteiger partial charge < -0.3 is 14.7 Å². The highest BCUT2D eigenvalue weighted by Gasteiger charge is 2.42. The Morgan fingerprint density at radius 3 is 2.51 bits per heavy atom. The molecule has 0 radical (unpaired) electrons. The summed E-state index contributed by atoms with van der Waals surface area (Å²) in [6.07, 6.45) is 2.06. The molecule has 37 heavy (non-hydrogen) atoms. The second-order valence-electron chi connectivity index (χ2n) is 9.57. The molecule has 4 aromatic rings. The Bertz CT molecular complexity index is 1430. The minimum Gasteiger partial charge on any atom is -0.507 e. The van der Waals surface area contributed by atoms with E-state index in [0.29, 0.717) is 35.1 Å². The molecule has 0 saturated carbocycles. The molecule has 1 unspecified atom stereocenters. The van der Waals surface area contributed by atoms with Crippen molar-refractivity contribution in [2.24, 2.45) is 0 Å². The van der Waals surface area contributed by atoms with Crippen LogP contribution in [0.2, 0.25) is 5.02 Å². The summed E-state index contributed by atoms with van der Waals surface area (Å²) in [5.74, 6) is 0.724. The normalized spacial score (nSPS) is 14.8. The van der Waals surface area contributed by atoms with Crippen LogP contribution in [0.25, 0.3) is 11.3 Å². The summed E-state index contributed by atoms with van der Waals surface area (Å²) >= 11 is 6.41. The molecule has 1 aliphatic rings. The third kappa shape index (κ3) is 4.81. The number of halogens is 1. The monoisotopic (exact) mass is 515 g/mol. The van der Waals surface area contributed by atoms with E-state index in [2.05, 4.69) is 17.1 Å². The molecule has 2 N–H and O–H groups in total. The van der Waals surface area contributed by atoms with Gasteiger partial charge in [-0.25, -0.2) is 0 Å². The highest BCUT2D eigenvalue weighted by Crippen LogP contribution is 2.46. The number of H-pyrrole nitrogens is 1. The molecule has 1 aliphatic heterocycles. The van der Waals surface area contributed by atoms with Crippen LogP contribution >= 0.6 is 11.6 Å². The molecule has 1 amide bonds. The van der Waals surface area contributed by atoms with E-state index < -0.39 is 6.04 Å². The lowest BCUT2D eigenvalue weighted by molar-refractivity contribution is 0.0730. The summed E-state index contributed by atoms with van der Waals surface area (Å²) < 4.78 is 5.86. The van der Waals surface area contributed by atoms with Crippen LogP contribution < -0.4 is 4.74 Å². The van der Waals surface area contributed by atoms with Crippen LogP contribution in [0.5, 0.6) is 11.5 Å². The summed E-state index contributed by atoms with van der Waals surface area (Å²) in [6, 6.07) is 19.0. The standard InChI is InChI=1S/C30H30ClN3O3/c1-4-5-14-37-22-12-10-21(11-13-22)29-26-27(23-16-24(31)19(3)15-25(23)35)32-33-28(26)30(36)34(29)17-20-8-6-18(2)7-9-20/h6-13,15-16,29,35H,4-5,14,17H2,1-3H3,(H,32,33). The number of aromatic amines is 1. The number of unbranched alkanes of at least 4 members (excludes halogenated alkanes) is 1. The van der Waals surface area contributed by atoms with Gasteiger partial charge in [-0.05, 0) is 61.2 Å². The molecule has 5 rings (SSSR count). The number of phenols is 1. The van der Waals surface area contributed by atoms with Gasteiger partial charge in [-0.1, -0.05) is 66.9 Å². The Labute approximate surface area is 221 Å². The maximum absolute atomic E-state index is 13.7. The van der Waals surface area contributed by atoms with Crippen molar-refractivity contribution in [2.45, 2.75) is 46.2 Å². The molecule has 6 nitrogen and oxygen atoms in total. The molecular weight excluding hydrogens is 486 g/mol. The molecule has 0 fully saturated rings. The third-order valence-electron chi connectivity index (χ3n) is 6.83. The van der Waals surface area contributed by atoms with Gasteiger partial charge in [0.05, 0.1) is 12.6 Å². The van der Waals surface area contributed by atoms with E-state index in [1.165, 1.54) is 0 Å². The highest BCUT2D eigenvalue weighted by molar-refractivity contribution is 6.31. The Balaban J connectivity index is 1.59. The molecule has 0 aliphatic carbocycles. The fourth-order valence-electron chi connectivity index (χ4n) is 4.74. The molecule has 1 atom stereocenters. The van der Waals surface area contributed by atoms with Crippen molar-refractivity contribution in [3.05, 3.63) is 99.2 Å². The first-order valence-corrected chi connectivity index (χ1v) is 12.9. The summed E-state index contributed by atoms with van der Waals surface area (Å²) in [7, 11) is 0. The number of rotatable bonds is 8. The Hall–Kier alpha value is -3.77. The quantitative estimate of drug-likeness (QED) is 0.248. The van der Waals surface area contributed by atoms with Crippen molar-refractivity contribution in [3.8, 4) is 22.8 Å². The number of carbonyl (C=O) groups is 1. The first-order chi connectivity index (χ1) is 17.9. The van der Waals surface area contributed by atoms with Gasteiger partial charge in [0.1, 0.15) is 22.9 Å². The van der Waals surface area contributed by atoms with Crippen LogP contribution in [-0.2, 0) is 6.54 Å². The molecule has 2 heterocycles. The SMILES string of the molecule is CCCCOc1ccc(C2c3c(-c4cc(Cl)c(C)cc4O)n[nH]c3C(=O)N2Cc2ccc(C)cc2)cc1. The predicted octanol–water partition coefficient (Wildman–Crippen LogP) is 6.98. The molecule has 0 saturated heterocycles. The Morgan fingerprint density at radius 1 is 1.08 bits per heavy atom. The molecular formula is C30H30ClN3O3. The largest absolute Gasteiger partial charge is 0.507 e. The minimum atomic E-state index is -0.401. The lowest BCUT2D eigenvalue weighted by atomic mass is 9.95. The van der Waals surface area contributed by atoms with Crippen molar-refractivity contribution in [1.82, 2.24) is 15.1 Å². The second-order valence-corrected chi connectivity index (χ2v) is 9.98. The molecule has 3 aromatic carbocycles. The topological polar surface area (TPSA) is 78.5 Å². The van der Waals surface area contributed by atoms with E-state index in [9.17, 15) is 9.90 Å². The molecule has 7 heteroatoms. The number of amides is 1. The number of hydrogen-bond donors (Lipinski definition) is 2. The van der Waals surface area contributed by atoms with Gasteiger partial charge in [0.2, 0.25) is 0 Å². The number of hydrogen-bond acceptors (Lipinski definition) is 4. The van der Waals surface area contributed by atoms with Gasteiger partial charge in [-0.3, -0.25) is 9.89 Å². The number of aromatic nitrogens is 2. The lowest BCUT2D eigenvalue weighted by Gasteiger charge is -2.27. The number of carbonyl (C=O) groups excluding carboxylic acids is 1. The van der Waals surface area contributed by atoms with Gasteiger partial charge >= 0.3 is 0 Å². The van der Waals surface area contributed by atoms with Crippen LogP contribution in [0.1, 0.15) is 64.1 Å². The van der Waals surface area contributed by atoms with Crippen LogP contribution in [0.3, 0.4) is 0 Å². The second kappa shape index (κ2) is 10.3. The van der Waals surface area contributed by atoms with Gasteiger partial charge in [-0.15, -0.1) is 0 Å². The highest BCUT2D eigenvalue weighted by atomic mass is 35.5. The average molecular weight is 516 g/mol. The van der Waals surface area contributed by atoms with E-state index in [1.54, 1.807) is 12.1 Å². The van der Waals surface area contributed by atoms with E-state index in [-0.39, 0.29) is 11.7 Å². The Morgan fingerprint density at radius 2 is 1.81 bits per heavy atom. The smallest absolute Gasteiger partial charge is 0.273 e. The van der Waals surface area contributed by atoms with Crippen molar-refractivity contribution in [1.29, 1.82) is 0 Å². The Kier molecular flexibility index (Phi) is 6.94. The van der Waals surface area contributed by atoms with Gasteiger partial charge in [0.25, 0.3) is 5.91 Å². The fourth-order valence-corrected chi connectivity index (χ4v) is 4.90. The van der Waals surface area contributed by atoms with Gasteiger partial charge in [0.15, 0.2) is 0 Å². The zero-order valence-corrected chi connectivity index (χ0v) is 22.0. The maximum Gasteiger partial charge on any atom is 0.273 e. The van der Waals surface area contributed by atoms with E-state index in [0.717, 1.165) is 46.4 Å². The zero-order valence-electron chi connectivity index (χ0n) is 21.2. The number of benzene rings is 3. The maximum atomic E-state index is 13.7. The summed E-state index contributed by atoms with van der Waals surface area (Å²) in [5.41, 5.74) is 6.05. The molecule has 190 valence electrons. The van der Waals surface area contributed by atoms with E-state index >= 15 is 0 Å². The van der Waals surface area contributed by atoms with Crippen molar-refractivity contribution < 1.29 is 14.6 Å². The fraction of sp³-hybridized carbons (Fsp3) is 0.267. The minimum absolute atomic E-state index is 0.0686. The third-order valence-corrected chi connectivity index (χ3v) is 7.24. The predicted molar refractivity (Wildman–Crippen MR) is 145 cm³/mol. The number of phenolic OH excluding ortho intramolecular Hbond substituents is 1. The van der Waals surface area contributed by atoms with Gasteiger partial charge in [-0.2, -0.15) is 5.10 Å². The molecule has 1 aromatic heterocycles. The van der Waals surface area contributed by atoms with Crippen molar-refractivity contribution in [2.75, 3.05) is 6.61 Å². The number of fused-ring (bicyclic) bond motifs is 1. The van der Waals surface area contributed by atoms with Crippen LogP contribution in [0.4, 0.5) is 0 Å². The lowest BCUT2D eigenvalue weighted by Crippen LogP contribution is -2.29. The van der Waals surface area contributed by atoms with Crippen LogP contribution in [0, 0.1) is 13.8 Å².